The largest absolute Gasteiger partial charge is 0.396 e. The molecule has 0 fully saturated rings. The molecule has 2 nitrogen and oxygen atoms in total. The van der Waals surface area contributed by atoms with Gasteiger partial charge in [0.25, 0.3) is 0 Å². The number of para-hydroxylation sites is 1. The van der Waals surface area contributed by atoms with Crippen molar-refractivity contribution in [3.8, 4) is 0 Å². The fraction of sp³-hybridized carbons (Fsp3) is 0.467. The van der Waals surface area contributed by atoms with E-state index in [9.17, 15) is 5.11 Å². The van der Waals surface area contributed by atoms with Gasteiger partial charge < -0.3 is 9.67 Å². The van der Waals surface area contributed by atoms with Crippen molar-refractivity contribution >= 4 is 10.9 Å². The molecule has 0 saturated heterocycles. The minimum atomic E-state index is 0.313. The van der Waals surface area contributed by atoms with E-state index in [2.05, 4.69) is 42.8 Å². The zero-order valence-electron chi connectivity index (χ0n) is 10.5. The zero-order chi connectivity index (χ0) is 12.0. The molecule has 0 aliphatic heterocycles. The lowest BCUT2D eigenvalue weighted by Crippen LogP contribution is -2.20. The van der Waals surface area contributed by atoms with Crippen LogP contribution in [0.4, 0.5) is 0 Å². The average Bonchev–Trinajstić information content (AvgIpc) is 2.64. The van der Waals surface area contributed by atoms with Crippen LogP contribution < -0.4 is 0 Å². The van der Waals surface area contributed by atoms with Gasteiger partial charge in [-0.1, -0.05) is 25.1 Å². The number of rotatable bonds is 1. The normalized spacial score (nSPS) is 23.9. The smallest absolute Gasteiger partial charge is 0.0482 e. The molecule has 1 heterocycles. The quantitative estimate of drug-likeness (QED) is 0.799. The van der Waals surface area contributed by atoms with Crippen molar-refractivity contribution in [3.05, 3.63) is 35.5 Å². The SMILES string of the molecule is CC1CC(CO)Cc2c1n(C)c1ccccc21. The van der Waals surface area contributed by atoms with Crippen LogP contribution in [0.3, 0.4) is 0 Å². The van der Waals surface area contributed by atoms with E-state index in [1.807, 2.05) is 0 Å². The predicted octanol–water partition coefficient (Wildman–Crippen LogP) is 2.84. The summed E-state index contributed by atoms with van der Waals surface area (Å²) >= 11 is 0. The van der Waals surface area contributed by atoms with Crippen molar-refractivity contribution < 1.29 is 5.11 Å². The molecule has 0 amide bonds. The van der Waals surface area contributed by atoms with Crippen LogP contribution in [0.2, 0.25) is 0 Å². The number of hydrogen-bond acceptors (Lipinski definition) is 1. The summed E-state index contributed by atoms with van der Waals surface area (Å²) in [6.07, 6.45) is 2.13. The molecule has 1 aromatic carbocycles. The second kappa shape index (κ2) is 3.88. The predicted molar refractivity (Wildman–Crippen MR) is 70.2 cm³/mol. The van der Waals surface area contributed by atoms with E-state index in [4.69, 9.17) is 0 Å². The van der Waals surface area contributed by atoms with Crippen LogP contribution >= 0.6 is 0 Å². The van der Waals surface area contributed by atoms with Gasteiger partial charge in [0, 0.05) is 30.3 Å². The molecule has 3 rings (SSSR count). The van der Waals surface area contributed by atoms with Gasteiger partial charge in [-0.15, -0.1) is 0 Å². The third kappa shape index (κ3) is 1.51. The molecule has 2 atom stereocenters. The third-order valence-corrected chi connectivity index (χ3v) is 4.17. The zero-order valence-corrected chi connectivity index (χ0v) is 10.5. The van der Waals surface area contributed by atoms with Crippen molar-refractivity contribution in [1.82, 2.24) is 4.57 Å². The summed E-state index contributed by atoms with van der Waals surface area (Å²) in [6, 6.07) is 8.60. The molecule has 2 heteroatoms. The van der Waals surface area contributed by atoms with Crippen LogP contribution in [0.1, 0.15) is 30.5 Å². The molecule has 2 aromatic rings. The van der Waals surface area contributed by atoms with Gasteiger partial charge in [-0.3, -0.25) is 0 Å². The van der Waals surface area contributed by atoms with Crippen LogP contribution in [-0.4, -0.2) is 16.3 Å². The third-order valence-electron chi connectivity index (χ3n) is 4.17. The molecular weight excluding hydrogens is 210 g/mol. The first-order valence-electron chi connectivity index (χ1n) is 6.39. The van der Waals surface area contributed by atoms with Crippen molar-refractivity contribution in [3.63, 3.8) is 0 Å². The Kier molecular flexibility index (Phi) is 2.48. The van der Waals surface area contributed by atoms with Gasteiger partial charge >= 0.3 is 0 Å². The first-order valence-corrected chi connectivity index (χ1v) is 6.39. The van der Waals surface area contributed by atoms with Gasteiger partial charge in [-0.25, -0.2) is 0 Å². The first kappa shape index (κ1) is 10.8. The Morgan fingerprint density at radius 3 is 2.88 bits per heavy atom. The number of nitrogens with zero attached hydrogens (tertiary/aromatic N) is 1. The van der Waals surface area contributed by atoms with Gasteiger partial charge in [0.05, 0.1) is 0 Å². The minimum Gasteiger partial charge on any atom is -0.396 e. The molecule has 90 valence electrons. The van der Waals surface area contributed by atoms with Gasteiger partial charge in [-0.05, 0) is 36.3 Å². The Morgan fingerprint density at radius 2 is 2.12 bits per heavy atom. The topological polar surface area (TPSA) is 25.2 Å². The van der Waals surface area contributed by atoms with Gasteiger partial charge in [-0.2, -0.15) is 0 Å². The van der Waals surface area contributed by atoms with Gasteiger partial charge in [0.15, 0.2) is 0 Å². The lowest BCUT2D eigenvalue weighted by atomic mass is 9.81. The fourth-order valence-corrected chi connectivity index (χ4v) is 3.46. The van der Waals surface area contributed by atoms with Crippen molar-refractivity contribution in [1.29, 1.82) is 0 Å². The van der Waals surface area contributed by atoms with Gasteiger partial charge in [0.1, 0.15) is 0 Å². The molecule has 0 bridgehead atoms. The molecule has 0 radical (unpaired) electrons. The van der Waals surface area contributed by atoms with E-state index in [1.165, 1.54) is 22.2 Å². The van der Waals surface area contributed by atoms with E-state index >= 15 is 0 Å². The molecule has 2 unspecified atom stereocenters. The standard InChI is InChI=1S/C15H19NO/c1-10-7-11(9-17)8-13-12-5-3-4-6-14(12)16(2)15(10)13/h3-6,10-11,17H,7-9H2,1-2H3. The van der Waals surface area contributed by atoms with Crippen molar-refractivity contribution in [2.24, 2.45) is 13.0 Å². The number of benzene rings is 1. The average molecular weight is 229 g/mol. The highest BCUT2D eigenvalue weighted by Crippen LogP contribution is 2.39. The molecule has 17 heavy (non-hydrogen) atoms. The Morgan fingerprint density at radius 1 is 1.35 bits per heavy atom. The lowest BCUT2D eigenvalue weighted by Gasteiger charge is -2.27. The number of fused-ring (bicyclic) bond motifs is 3. The summed E-state index contributed by atoms with van der Waals surface area (Å²) in [6.45, 7) is 2.59. The summed E-state index contributed by atoms with van der Waals surface area (Å²) in [7, 11) is 2.16. The number of aromatic nitrogens is 1. The van der Waals surface area contributed by atoms with Crippen molar-refractivity contribution in [2.45, 2.75) is 25.7 Å². The molecule has 1 aliphatic rings. The van der Waals surface area contributed by atoms with Crippen LogP contribution in [0.25, 0.3) is 10.9 Å². The van der Waals surface area contributed by atoms with Crippen LogP contribution in [-0.2, 0) is 13.5 Å². The van der Waals surface area contributed by atoms with Crippen molar-refractivity contribution in [2.75, 3.05) is 6.61 Å². The Hall–Kier alpha value is -1.28. The highest BCUT2D eigenvalue weighted by atomic mass is 16.3. The van der Waals surface area contributed by atoms with E-state index in [1.54, 1.807) is 0 Å². The number of aliphatic hydroxyl groups is 1. The summed E-state index contributed by atoms with van der Waals surface area (Å²) < 4.78 is 2.34. The summed E-state index contributed by atoms with van der Waals surface area (Å²) in [5.74, 6) is 0.983. The van der Waals surface area contributed by atoms with E-state index in [0.717, 1.165) is 12.8 Å². The first-order chi connectivity index (χ1) is 8.22. The Labute approximate surface area is 102 Å². The van der Waals surface area contributed by atoms with Crippen LogP contribution in [0.5, 0.6) is 0 Å². The van der Waals surface area contributed by atoms with E-state index < -0.39 is 0 Å². The maximum atomic E-state index is 9.41. The second-order valence-corrected chi connectivity index (χ2v) is 5.33. The molecule has 1 N–H and O–H groups in total. The number of aryl methyl sites for hydroxylation is 1. The van der Waals surface area contributed by atoms with Crippen LogP contribution in [0.15, 0.2) is 24.3 Å². The molecule has 0 spiro atoms. The maximum absolute atomic E-state index is 9.41. The second-order valence-electron chi connectivity index (χ2n) is 5.33. The van der Waals surface area contributed by atoms with Crippen LogP contribution in [0, 0.1) is 5.92 Å². The lowest BCUT2D eigenvalue weighted by molar-refractivity contribution is 0.205. The minimum absolute atomic E-state index is 0.313. The highest BCUT2D eigenvalue weighted by molar-refractivity contribution is 5.86. The van der Waals surface area contributed by atoms with E-state index in [0.29, 0.717) is 18.4 Å². The fourth-order valence-electron chi connectivity index (χ4n) is 3.46. The Bertz CT molecular complexity index is 555. The maximum Gasteiger partial charge on any atom is 0.0482 e. The molecule has 0 saturated carbocycles. The molecule has 1 aliphatic carbocycles. The summed E-state index contributed by atoms with van der Waals surface area (Å²) in [5.41, 5.74) is 4.25. The van der Waals surface area contributed by atoms with E-state index in [-0.39, 0.29) is 0 Å². The highest BCUT2D eigenvalue weighted by Gasteiger charge is 2.28. The molecule has 1 aromatic heterocycles. The Balaban J connectivity index is 2.25. The summed E-state index contributed by atoms with van der Waals surface area (Å²) in [5, 5.41) is 10.8. The van der Waals surface area contributed by atoms with Gasteiger partial charge in [0.2, 0.25) is 0 Å². The monoisotopic (exact) mass is 229 g/mol. The summed E-state index contributed by atoms with van der Waals surface area (Å²) in [4.78, 5) is 0. The molecular formula is C15H19NO. The number of hydrogen-bond donors (Lipinski definition) is 1. The number of aliphatic hydroxyl groups excluding tert-OH is 1.